The highest BCUT2D eigenvalue weighted by Crippen LogP contribution is 2.10. The lowest BCUT2D eigenvalue weighted by molar-refractivity contribution is -0.139. The largest absolute Gasteiger partial charge is 0.480 e. The van der Waals surface area contributed by atoms with Gasteiger partial charge in [-0.2, -0.15) is 0 Å². The standard InChI is InChI=1S/C13H19NO4/c1-3-4-5-6-11(13(16)17)14-12(15)10-7-8-18-9(10)2/h7-8,11H,3-6H2,1-2H3,(H,14,15)(H,16,17)/t11-/m0/s1. The summed E-state index contributed by atoms with van der Waals surface area (Å²) in [6.07, 6.45) is 4.63. The minimum Gasteiger partial charge on any atom is -0.480 e. The Balaban J connectivity index is 2.58. The van der Waals surface area contributed by atoms with E-state index in [0.717, 1.165) is 19.3 Å². The molecule has 0 unspecified atom stereocenters. The molecule has 5 nitrogen and oxygen atoms in total. The van der Waals surface area contributed by atoms with Crippen LogP contribution in [-0.2, 0) is 4.79 Å². The molecular weight excluding hydrogens is 234 g/mol. The molecule has 0 aliphatic carbocycles. The Hall–Kier alpha value is -1.78. The summed E-state index contributed by atoms with van der Waals surface area (Å²) in [5.74, 6) is -0.907. The number of carboxylic acids is 1. The van der Waals surface area contributed by atoms with Crippen LogP contribution in [0.25, 0.3) is 0 Å². The molecule has 5 heteroatoms. The first-order chi connectivity index (χ1) is 8.56. The van der Waals surface area contributed by atoms with Gasteiger partial charge in [0, 0.05) is 0 Å². The number of carbonyl (C=O) groups excluding carboxylic acids is 1. The van der Waals surface area contributed by atoms with Crippen molar-refractivity contribution in [1.82, 2.24) is 5.32 Å². The van der Waals surface area contributed by atoms with Crippen LogP contribution in [0.3, 0.4) is 0 Å². The summed E-state index contributed by atoms with van der Waals surface area (Å²) in [5.41, 5.74) is 0.386. The van der Waals surface area contributed by atoms with E-state index in [9.17, 15) is 9.59 Å². The van der Waals surface area contributed by atoms with Crippen molar-refractivity contribution in [1.29, 1.82) is 0 Å². The maximum atomic E-state index is 11.8. The first-order valence-electron chi connectivity index (χ1n) is 6.14. The number of aliphatic carboxylic acids is 1. The van der Waals surface area contributed by atoms with Gasteiger partial charge in [0.15, 0.2) is 0 Å². The Morgan fingerprint density at radius 3 is 2.67 bits per heavy atom. The van der Waals surface area contributed by atoms with Crippen molar-refractivity contribution in [2.75, 3.05) is 0 Å². The Morgan fingerprint density at radius 1 is 1.44 bits per heavy atom. The van der Waals surface area contributed by atoms with Crippen molar-refractivity contribution in [2.24, 2.45) is 0 Å². The molecular formula is C13H19NO4. The van der Waals surface area contributed by atoms with E-state index in [-0.39, 0.29) is 0 Å². The van der Waals surface area contributed by atoms with Gasteiger partial charge in [-0.05, 0) is 19.4 Å². The van der Waals surface area contributed by atoms with E-state index in [1.807, 2.05) is 6.92 Å². The molecule has 0 aliphatic heterocycles. The molecule has 0 aliphatic rings. The molecule has 0 saturated heterocycles. The van der Waals surface area contributed by atoms with Crippen molar-refractivity contribution in [3.05, 3.63) is 23.7 Å². The van der Waals surface area contributed by atoms with E-state index < -0.39 is 17.9 Å². The normalized spacial score (nSPS) is 12.1. The van der Waals surface area contributed by atoms with Gasteiger partial charge in [0.2, 0.25) is 0 Å². The van der Waals surface area contributed by atoms with Crippen LogP contribution in [0.15, 0.2) is 16.7 Å². The SMILES string of the molecule is CCCCC[C@H](NC(=O)c1ccoc1C)C(=O)O. The lowest BCUT2D eigenvalue weighted by Gasteiger charge is -2.13. The van der Waals surface area contributed by atoms with Crippen molar-refractivity contribution >= 4 is 11.9 Å². The number of hydrogen-bond donors (Lipinski definition) is 2. The van der Waals surface area contributed by atoms with Gasteiger partial charge < -0.3 is 14.8 Å². The maximum absolute atomic E-state index is 11.8. The fourth-order valence-electron chi connectivity index (χ4n) is 1.71. The molecule has 2 N–H and O–H groups in total. The predicted molar refractivity (Wildman–Crippen MR) is 66.5 cm³/mol. The minimum absolute atomic E-state index is 0.386. The molecule has 1 atom stereocenters. The first-order valence-corrected chi connectivity index (χ1v) is 6.14. The number of rotatable bonds is 7. The average molecular weight is 253 g/mol. The van der Waals surface area contributed by atoms with Crippen LogP contribution in [-0.4, -0.2) is 23.0 Å². The molecule has 0 radical (unpaired) electrons. The number of carboxylic acid groups (broad SMARTS) is 1. The van der Waals surface area contributed by atoms with Gasteiger partial charge in [0.05, 0.1) is 11.8 Å². The van der Waals surface area contributed by atoms with Crippen LogP contribution in [0.1, 0.15) is 48.7 Å². The second kappa shape index (κ2) is 6.83. The Bertz CT molecular complexity index is 411. The quantitative estimate of drug-likeness (QED) is 0.731. The lowest BCUT2D eigenvalue weighted by atomic mass is 10.1. The zero-order valence-corrected chi connectivity index (χ0v) is 10.7. The van der Waals surface area contributed by atoms with Crippen LogP contribution in [0.4, 0.5) is 0 Å². The van der Waals surface area contributed by atoms with Crippen molar-refractivity contribution < 1.29 is 19.1 Å². The average Bonchev–Trinajstić information content (AvgIpc) is 2.74. The Morgan fingerprint density at radius 2 is 2.17 bits per heavy atom. The third kappa shape index (κ3) is 3.91. The molecule has 0 bridgehead atoms. The second-order valence-electron chi connectivity index (χ2n) is 4.25. The summed E-state index contributed by atoms with van der Waals surface area (Å²) in [7, 11) is 0. The summed E-state index contributed by atoms with van der Waals surface area (Å²) in [6, 6.07) is 0.702. The summed E-state index contributed by atoms with van der Waals surface area (Å²) >= 11 is 0. The van der Waals surface area contributed by atoms with E-state index in [4.69, 9.17) is 9.52 Å². The number of amides is 1. The molecule has 0 spiro atoms. The highest BCUT2D eigenvalue weighted by Gasteiger charge is 2.21. The molecule has 1 amide bonds. The lowest BCUT2D eigenvalue weighted by Crippen LogP contribution is -2.40. The number of furan rings is 1. The van der Waals surface area contributed by atoms with Crippen LogP contribution >= 0.6 is 0 Å². The van der Waals surface area contributed by atoms with Gasteiger partial charge in [-0.3, -0.25) is 4.79 Å². The molecule has 1 rings (SSSR count). The van der Waals surface area contributed by atoms with Crippen molar-refractivity contribution in [2.45, 2.75) is 45.6 Å². The Kier molecular flexibility index (Phi) is 5.42. The molecule has 1 aromatic rings. The topological polar surface area (TPSA) is 79.5 Å². The van der Waals surface area contributed by atoms with E-state index in [2.05, 4.69) is 5.32 Å². The van der Waals surface area contributed by atoms with Crippen molar-refractivity contribution in [3.8, 4) is 0 Å². The summed E-state index contributed by atoms with van der Waals surface area (Å²) in [5, 5.41) is 11.6. The third-order valence-corrected chi connectivity index (χ3v) is 2.80. The first kappa shape index (κ1) is 14.3. The van der Waals surface area contributed by atoms with Crippen molar-refractivity contribution in [3.63, 3.8) is 0 Å². The van der Waals surface area contributed by atoms with E-state index in [1.54, 1.807) is 6.92 Å². The summed E-state index contributed by atoms with van der Waals surface area (Å²) in [4.78, 5) is 22.9. The molecule has 100 valence electrons. The van der Waals surface area contributed by atoms with Crippen LogP contribution in [0.5, 0.6) is 0 Å². The molecule has 1 aromatic heterocycles. The molecule has 0 fully saturated rings. The minimum atomic E-state index is -0.999. The van der Waals surface area contributed by atoms with Gasteiger partial charge in [0.25, 0.3) is 5.91 Å². The zero-order chi connectivity index (χ0) is 13.5. The van der Waals surface area contributed by atoms with Gasteiger partial charge in [-0.1, -0.05) is 26.2 Å². The Labute approximate surface area is 106 Å². The van der Waals surface area contributed by atoms with E-state index >= 15 is 0 Å². The molecule has 0 aromatic carbocycles. The smallest absolute Gasteiger partial charge is 0.326 e. The van der Waals surface area contributed by atoms with Gasteiger partial charge in [-0.15, -0.1) is 0 Å². The summed E-state index contributed by atoms with van der Waals surface area (Å²) in [6.45, 7) is 3.71. The second-order valence-corrected chi connectivity index (χ2v) is 4.25. The fourth-order valence-corrected chi connectivity index (χ4v) is 1.71. The zero-order valence-electron chi connectivity index (χ0n) is 10.7. The number of hydrogen-bond acceptors (Lipinski definition) is 3. The van der Waals surface area contributed by atoms with Crippen LogP contribution < -0.4 is 5.32 Å². The van der Waals surface area contributed by atoms with Crippen LogP contribution in [0.2, 0.25) is 0 Å². The van der Waals surface area contributed by atoms with Gasteiger partial charge in [-0.25, -0.2) is 4.79 Å². The van der Waals surface area contributed by atoms with E-state index in [1.165, 1.54) is 12.3 Å². The molecule has 0 saturated carbocycles. The maximum Gasteiger partial charge on any atom is 0.326 e. The van der Waals surface area contributed by atoms with Gasteiger partial charge in [0.1, 0.15) is 11.8 Å². The van der Waals surface area contributed by atoms with Gasteiger partial charge >= 0.3 is 5.97 Å². The predicted octanol–water partition coefficient (Wildman–Crippen LogP) is 2.35. The van der Waals surface area contributed by atoms with E-state index in [0.29, 0.717) is 17.7 Å². The number of aryl methyl sites for hydroxylation is 1. The fraction of sp³-hybridized carbons (Fsp3) is 0.538. The molecule has 1 heterocycles. The number of unbranched alkanes of at least 4 members (excludes halogenated alkanes) is 2. The number of nitrogens with one attached hydrogen (secondary N) is 1. The molecule has 18 heavy (non-hydrogen) atoms. The summed E-state index contributed by atoms with van der Waals surface area (Å²) < 4.78 is 5.02. The highest BCUT2D eigenvalue weighted by molar-refractivity contribution is 5.97. The number of carbonyl (C=O) groups is 2. The highest BCUT2D eigenvalue weighted by atomic mass is 16.4. The monoisotopic (exact) mass is 253 g/mol. The third-order valence-electron chi connectivity index (χ3n) is 2.80. The van der Waals surface area contributed by atoms with Crippen LogP contribution in [0, 0.1) is 6.92 Å².